The molecule has 18 heavy (non-hydrogen) atoms. The van der Waals surface area contributed by atoms with Gasteiger partial charge in [-0.25, -0.2) is 0 Å². The van der Waals surface area contributed by atoms with E-state index >= 15 is 0 Å². The minimum Gasteiger partial charge on any atom is -0.0613 e. The predicted octanol–water partition coefficient (Wildman–Crippen LogP) is 5.43. The average molecular weight is 240 g/mol. The Kier molecular flexibility index (Phi) is 3.01. The highest BCUT2D eigenvalue weighted by Gasteiger charge is 2.18. The molecule has 96 valence electrons. The molecule has 0 aliphatic heterocycles. The van der Waals surface area contributed by atoms with E-state index in [1.165, 1.54) is 21.9 Å². The van der Waals surface area contributed by atoms with Gasteiger partial charge in [0.1, 0.15) is 0 Å². The van der Waals surface area contributed by atoms with E-state index in [2.05, 4.69) is 77.9 Å². The maximum atomic E-state index is 2.34. The highest BCUT2D eigenvalue weighted by molar-refractivity contribution is 5.87. The molecule has 2 aromatic carbocycles. The number of fused-ring (bicyclic) bond motifs is 1. The van der Waals surface area contributed by atoms with Gasteiger partial charge in [-0.3, -0.25) is 0 Å². The van der Waals surface area contributed by atoms with Crippen molar-refractivity contribution in [3.05, 3.63) is 47.5 Å². The summed E-state index contributed by atoms with van der Waals surface area (Å²) in [6.45, 7) is 13.6. The molecule has 0 unspecified atom stereocenters. The van der Waals surface area contributed by atoms with Crippen LogP contribution >= 0.6 is 0 Å². The van der Waals surface area contributed by atoms with Crippen molar-refractivity contribution >= 4 is 10.8 Å². The fraction of sp³-hybridized carbons (Fsp3) is 0.444. The van der Waals surface area contributed by atoms with Crippen LogP contribution < -0.4 is 0 Å². The Balaban J connectivity index is 2.68. The van der Waals surface area contributed by atoms with E-state index in [4.69, 9.17) is 0 Å². The van der Waals surface area contributed by atoms with Gasteiger partial charge in [-0.05, 0) is 32.7 Å². The SMILES string of the molecule is CC(C)(C)c1ccc2c(C(C)(C)C)cccc2c1. The lowest BCUT2D eigenvalue weighted by atomic mass is 9.81. The summed E-state index contributed by atoms with van der Waals surface area (Å²) in [5.74, 6) is 0. The van der Waals surface area contributed by atoms with Gasteiger partial charge >= 0.3 is 0 Å². The maximum absolute atomic E-state index is 2.34. The molecule has 0 heterocycles. The van der Waals surface area contributed by atoms with Gasteiger partial charge in [-0.15, -0.1) is 0 Å². The zero-order chi connectivity index (χ0) is 13.6. The molecule has 0 amide bonds. The normalized spacial score (nSPS) is 13.0. The highest BCUT2D eigenvalue weighted by Crippen LogP contribution is 2.32. The van der Waals surface area contributed by atoms with Gasteiger partial charge in [0.15, 0.2) is 0 Å². The lowest BCUT2D eigenvalue weighted by molar-refractivity contribution is 0.590. The molecule has 0 bridgehead atoms. The minimum atomic E-state index is 0.197. The Morgan fingerprint density at radius 3 is 1.94 bits per heavy atom. The topological polar surface area (TPSA) is 0 Å². The van der Waals surface area contributed by atoms with Crippen LogP contribution in [0.5, 0.6) is 0 Å². The molecule has 0 radical (unpaired) electrons. The highest BCUT2D eigenvalue weighted by atomic mass is 14.2. The van der Waals surface area contributed by atoms with Gasteiger partial charge in [0.25, 0.3) is 0 Å². The first kappa shape index (κ1) is 13.1. The maximum Gasteiger partial charge on any atom is -0.0126 e. The molecular formula is C18H24. The molecule has 0 aliphatic rings. The summed E-state index contributed by atoms with van der Waals surface area (Å²) >= 11 is 0. The molecule has 0 heteroatoms. The van der Waals surface area contributed by atoms with E-state index in [1.807, 2.05) is 0 Å². The fourth-order valence-corrected chi connectivity index (χ4v) is 2.40. The van der Waals surface area contributed by atoms with Crippen LogP contribution in [-0.4, -0.2) is 0 Å². The van der Waals surface area contributed by atoms with Crippen LogP contribution in [0.2, 0.25) is 0 Å². The zero-order valence-electron chi connectivity index (χ0n) is 12.5. The van der Waals surface area contributed by atoms with Gasteiger partial charge in [-0.2, -0.15) is 0 Å². The summed E-state index contributed by atoms with van der Waals surface area (Å²) < 4.78 is 0. The summed E-state index contributed by atoms with van der Waals surface area (Å²) in [5, 5.41) is 2.74. The van der Waals surface area contributed by atoms with Crippen LogP contribution in [0.4, 0.5) is 0 Å². The van der Waals surface area contributed by atoms with Gasteiger partial charge < -0.3 is 0 Å². The largest absolute Gasteiger partial charge is 0.0613 e. The van der Waals surface area contributed by atoms with Gasteiger partial charge in [0, 0.05) is 0 Å². The minimum absolute atomic E-state index is 0.197. The average Bonchev–Trinajstić information content (AvgIpc) is 2.25. The van der Waals surface area contributed by atoms with Crippen molar-refractivity contribution in [2.75, 3.05) is 0 Å². The van der Waals surface area contributed by atoms with Crippen LogP contribution in [0.1, 0.15) is 52.7 Å². The Hall–Kier alpha value is -1.30. The monoisotopic (exact) mass is 240 g/mol. The second-order valence-corrected chi connectivity index (χ2v) is 7.24. The third-order valence-corrected chi connectivity index (χ3v) is 3.55. The Morgan fingerprint density at radius 2 is 1.39 bits per heavy atom. The molecule has 0 spiro atoms. The summed E-state index contributed by atoms with van der Waals surface area (Å²) in [7, 11) is 0. The van der Waals surface area contributed by atoms with Crippen LogP contribution in [0.25, 0.3) is 10.8 Å². The molecule has 2 rings (SSSR count). The van der Waals surface area contributed by atoms with E-state index < -0.39 is 0 Å². The molecule has 0 aromatic heterocycles. The lowest BCUT2D eigenvalue weighted by Crippen LogP contribution is -2.13. The number of rotatable bonds is 0. The Morgan fingerprint density at radius 1 is 0.722 bits per heavy atom. The van der Waals surface area contributed by atoms with E-state index in [1.54, 1.807) is 0 Å². The van der Waals surface area contributed by atoms with Crippen LogP contribution in [0.3, 0.4) is 0 Å². The first-order valence-corrected chi connectivity index (χ1v) is 6.73. The predicted molar refractivity (Wildman–Crippen MR) is 81.3 cm³/mol. The zero-order valence-corrected chi connectivity index (χ0v) is 12.5. The molecule has 0 aliphatic carbocycles. The smallest absolute Gasteiger partial charge is 0.0126 e. The van der Waals surface area contributed by atoms with E-state index in [0.29, 0.717) is 0 Å². The van der Waals surface area contributed by atoms with E-state index in [9.17, 15) is 0 Å². The molecule has 0 fully saturated rings. The van der Waals surface area contributed by atoms with E-state index in [0.717, 1.165) is 0 Å². The molecule has 0 nitrogen and oxygen atoms in total. The molecular weight excluding hydrogens is 216 g/mol. The second-order valence-electron chi connectivity index (χ2n) is 7.24. The second kappa shape index (κ2) is 4.12. The molecule has 0 atom stereocenters. The standard InChI is InChI=1S/C18H24/c1-17(2,3)14-10-11-15-13(12-14)8-7-9-16(15)18(4,5)6/h7-12H,1-6H3. The van der Waals surface area contributed by atoms with Crippen LogP contribution in [0, 0.1) is 0 Å². The third-order valence-electron chi connectivity index (χ3n) is 3.55. The van der Waals surface area contributed by atoms with Crippen molar-refractivity contribution in [1.82, 2.24) is 0 Å². The quantitative estimate of drug-likeness (QED) is 0.575. The van der Waals surface area contributed by atoms with Gasteiger partial charge in [0.05, 0.1) is 0 Å². The van der Waals surface area contributed by atoms with Gasteiger partial charge in [-0.1, -0.05) is 77.9 Å². The summed E-state index contributed by atoms with van der Waals surface area (Å²) in [5.41, 5.74) is 3.25. The summed E-state index contributed by atoms with van der Waals surface area (Å²) in [6, 6.07) is 13.5. The Labute approximate surface area is 111 Å². The van der Waals surface area contributed by atoms with Crippen molar-refractivity contribution in [1.29, 1.82) is 0 Å². The lowest BCUT2D eigenvalue weighted by Gasteiger charge is -2.23. The van der Waals surface area contributed by atoms with Crippen molar-refractivity contribution in [3.63, 3.8) is 0 Å². The van der Waals surface area contributed by atoms with Crippen molar-refractivity contribution < 1.29 is 0 Å². The third kappa shape index (κ3) is 2.43. The Bertz CT molecular complexity index is 563. The van der Waals surface area contributed by atoms with Crippen LogP contribution in [-0.2, 0) is 10.8 Å². The number of hydrogen-bond acceptors (Lipinski definition) is 0. The molecule has 2 aromatic rings. The number of benzene rings is 2. The van der Waals surface area contributed by atoms with Crippen molar-refractivity contribution in [2.24, 2.45) is 0 Å². The van der Waals surface area contributed by atoms with Crippen LogP contribution in [0.15, 0.2) is 36.4 Å². The summed E-state index contributed by atoms with van der Waals surface area (Å²) in [6.07, 6.45) is 0. The fourth-order valence-electron chi connectivity index (χ4n) is 2.40. The molecule has 0 saturated carbocycles. The van der Waals surface area contributed by atoms with E-state index in [-0.39, 0.29) is 10.8 Å². The summed E-state index contributed by atoms with van der Waals surface area (Å²) in [4.78, 5) is 0. The number of hydrogen-bond donors (Lipinski definition) is 0. The van der Waals surface area contributed by atoms with Gasteiger partial charge in [0.2, 0.25) is 0 Å². The first-order valence-electron chi connectivity index (χ1n) is 6.73. The van der Waals surface area contributed by atoms with Crippen molar-refractivity contribution in [2.45, 2.75) is 52.4 Å². The molecule has 0 N–H and O–H groups in total. The first-order chi connectivity index (χ1) is 8.19. The molecule has 0 saturated heterocycles. The van der Waals surface area contributed by atoms with Crippen molar-refractivity contribution in [3.8, 4) is 0 Å².